The Hall–Kier alpha value is -4.78. The highest BCUT2D eigenvalue weighted by Gasteiger charge is 2.27. The molecule has 0 spiro atoms. The van der Waals surface area contributed by atoms with Crippen molar-refractivity contribution in [1.82, 2.24) is 0 Å². The number of carbonyl (C=O) groups is 1. The van der Waals surface area contributed by atoms with Gasteiger partial charge in [0.1, 0.15) is 29.6 Å². The van der Waals surface area contributed by atoms with Crippen LogP contribution in [0.25, 0.3) is 5.57 Å². The maximum absolute atomic E-state index is 13.7. The van der Waals surface area contributed by atoms with Crippen LogP contribution in [0.3, 0.4) is 0 Å². The summed E-state index contributed by atoms with van der Waals surface area (Å²) >= 11 is 0. The number of hydrogen-bond acceptors (Lipinski definition) is 7. The maximum Gasteiger partial charge on any atom is 0.339 e. The lowest BCUT2D eigenvalue weighted by Crippen LogP contribution is -2.26. The van der Waals surface area contributed by atoms with E-state index in [2.05, 4.69) is 29.6 Å². The van der Waals surface area contributed by atoms with E-state index in [1.165, 1.54) is 11.1 Å². The van der Waals surface area contributed by atoms with Gasteiger partial charge in [0, 0.05) is 53.3 Å². The first-order valence-corrected chi connectivity index (χ1v) is 14.4. The Morgan fingerprint density at radius 3 is 2.52 bits per heavy atom. The van der Waals surface area contributed by atoms with Crippen molar-refractivity contribution < 1.29 is 23.7 Å². The fraction of sp³-hybridized carbons (Fsp3) is 0.257. The van der Waals surface area contributed by atoms with E-state index in [4.69, 9.17) is 23.9 Å². The molecule has 0 unspecified atom stereocenters. The number of nitrogens with zero attached hydrogens (tertiary/aromatic N) is 1. The molecule has 1 N–H and O–H groups in total. The van der Waals surface area contributed by atoms with Crippen LogP contribution in [0.4, 0.5) is 5.69 Å². The van der Waals surface area contributed by atoms with Crippen LogP contribution in [0.2, 0.25) is 0 Å². The van der Waals surface area contributed by atoms with Crippen LogP contribution in [-0.2, 0) is 24.2 Å². The Morgan fingerprint density at radius 2 is 1.69 bits per heavy atom. The molecule has 0 radical (unpaired) electrons. The smallest absolute Gasteiger partial charge is 0.339 e. The van der Waals surface area contributed by atoms with E-state index in [9.17, 15) is 4.79 Å². The lowest BCUT2D eigenvalue weighted by molar-refractivity contribution is 0.0471. The van der Waals surface area contributed by atoms with E-state index in [1.807, 2.05) is 36.4 Å². The average Bonchev–Trinajstić information content (AvgIpc) is 3.04. The summed E-state index contributed by atoms with van der Waals surface area (Å²) in [5, 5.41) is 5.48. The summed E-state index contributed by atoms with van der Waals surface area (Å²) in [6, 6.07) is 21.7. The van der Waals surface area contributed by atoms with Crippen LogP contribution in [0, 0.1) is 0 Å². The van der Waals surface area contributed by atoms with Crippen LogP contribution >= 0.6 is 0 Å². The Labute approximate surface area is 244 Å². The number of nitrogens with one attached hydrogen (secondary N) is 1. The highest BCUT2D eigenvalue weighted by Crippen LogP contribution is 2.41. The van der Waals surface area contributed by atoms with Gasteiger partial charge < -0.3 is 24.3 Å². The molecular formula is C35H32N2O5. The van der Waals surface area contributed by atoms with Gasteiger partial charge in [-0.05, 0) is 78.3 Å². The zero-order valence-corrected chi connectivity index (χ0v) is 23.8. The van der Waals surface area contributed by atoms with Crippen molar-refractivity contribution in [2.75, 3.05) is 32.6 Å². The molecule has 0 bridgehead atoms. The van der Waals surface area contributed by atoms with Gasteiger partial charge in [-0.1, -0.05) is 18.2 Å². The van der Waals surface area contributed by atoms with Crippen LogP contribution in [0.1, 0.15) is 51.0 Å². The Bertz CT molecular complexity index is 1820. The van der Waals surface area contributed by atoms with Crippen LogP contribution < -0.4 is 30.1 Å². The van der Waals surface area contributed by atoms with Crippen molar-refractivity contribution in [2.45, 2.75) is 32.3 Å². The molecule has 3 aliphatic rings. The predicted octanol–water partition coefficient (Wildman–Crippen LogP) is 5.34. The quantitative estimate of drug-likeness (QED) is 0.283. The molecule has 7 rings (SSSR count). The highest BCUT2D eigenvalue weighted by atomic mass is 16.5. The van der Waals surface area contributed by atoms with Gasteiger partial charge in [0.2, 0.25) is 0 Å². The van der Waals surface area contributed by atoms with Crippen LogP contribution in [-0.4, -0.2) is 33.3 Å². The highest BCUT2D eigenvalue weighted by molar-refractivity contribution is 5.99. The van der Waals surface area contributed by atoms with E-state index >= 15 is 0 Å². The first kappa shape index (κ1) is 26.1. The number of methoxy groups -OCH3 is 2. The SMILES string of the molecule is COc1cc(COC(=O)c2ccccc2C2=c3cc4c(cc3Oc3cc5c(cc32)CCCN5)=NCCC4)cc(OC)c1. The predicted molar refractivity (Wildman–Crippen MR) is 160 cm³/mol. The largest absolute Gasteiger partial charge is 0.497 e. The second-order valence-corrected chi connectivity index (χ2v) is 10.8. The summed E-state index contributed by atoms with van der Waals surface area (Å²) in [5.74, 6) is 2.40. The summed E-state index contributed by atoms with van der Waals surface area (Å²) < 4.78 is 23.2. The van der Waals surface area contributed by atoms with Gasteiger partial charge in [0.25, 0.3) is 0 Å². The molecule has 4 aromatic rings. The minimum absolute atomic E-state index is 0.0839. The van der Waals surface area contributed by atoms with E-state index in [1.54, 1.807) is 20.3 Å². The molecule has 0 aromatic heterocycles. The fourth-order valence-corrected chi connectivity index (χ4v) is 6.10. The third kappa shape index (κ3) is 4.75. The van der Waals surface area contributed by atoms with E-state index < -0.39 is 5.97 Å². The molecule has 0 amide bonds. The summed E-state index contributed by atoms with van der Waals surface area (Å²) in [6.45, 7) is 1.85. The number of anilines is 1. The molecular weight excluding hydrogens is 528 g/mol. The summed E-state index contributed by atoms with van der Waals surface area (Å²) in [5.41, 5.74) is 7.61. The molecule has 0 atom stereocenters. The van der Waals surface area contributed by atoms with Crippen molar-refractivity contribution in [1.29, 1.82) is 0 Å². The van der Waals surface area contributed by atoms with Gasteiger partial charge in [-0.15, -0.1) is 0 Å². The van der Waals surface area contributed by atoms with Crippen molar-refractivity contribution in [3.05, 3.63) is 111 Å². The topological polar surface area (TPSA) is 78.4 Å². The normalized spacial score (nSPS) is 14.6. The molecule has 42 heavy (non-hydrogen) atoms. The number of rotatable bonds is 6. The standard InChI is InChI=1S/C35H32N2O5/c1-39-24-13-21(14-25(17-24)40-2)20-41-35(38)27-10-4-3-9-26(27)34-28-15-22-7-5-11-36-30(22)18-32(28)42-33-19-31-23(16-29(33)34)8-6-12-37-31/h3-4,9-10,13-19,36H,5-8,11-12,20H2,1-2H3. The minimum Gasteiger partial charge on any atom is -0.497 e. The number of carbonyl (C=O) groups excluding carboxylic acids is 1. The molecule has 0 fully saturated rings. The van der Waals surface area contributed by atoms with Gasteiger partial charge in [-0.2, -0.15) is 0 Å². The van der Waals surface area contributed by atoms with Crippen LogP contribution in [0.5, 0.6) is 23.0 Å². The number of ether oxygens (including phenoxy) is 4. The van der Waals surface area contributed by atoms with E-state index in [-0.39, 0.29) is 6.61 Å². The van der Waals surface area contributed by atoms with Gasteiger partial charge in [-0.3, -0.25) is 4.99 Å². The Balaban J connectivity index is 1.36. The number of esters is 1. The molecule has 4 aromatic carbocycles. The number of benzene rings is 4. The lowest BCUT2D eigenvalue weighted by Gasteiger charge is -2.27. The monoisotopic (exact) mass is 560 g/mol. The fourth-order valence-electron chi connectivity index (χ4n) is 6.10. The van der Waals surface area contributed by atoms with E-state index in [0.29, 0.717) is 17.1 Å². The summed E-state index contributed by atoms with van der Waals surface area (Å²) in [6.07, 6.45) is 4.06. The van der Waals surface area contributed by atoms with Crippen molar-refractivity contribution in [3.63, 3.8) is 0 Å². The first-order chi connectivity index (χ1) is 20.6. The zero-order valence-electron chi connectivity index (χ0n) is 23.8. The number of hydrogen-bond donors (Lipinski definition) is 1. The lowest BCUT2D eigenvalue weighted by atomic mass is 9.87. The van der Waals surface area contributed by atoms with E-state index in [0.717, 1.165) is 88.8 Å². The third-order valence-corrected chi connectivity index (χ3v) is 8.17. The second-order valence-electron chi connectivity index (χ2n) is 10.8. The molecule has 3 aliphatic heterocycles. The molecule has 0 aliphatic carbocycles. The number of fused-ring (bicyclic) bond motifs is 4. The summed E-state index contributed by atoms with van der Waals surface area (Å²) in [7, 11) is 3.19. The second kappa shape index (κ2) is 10.9. The Morgan fingerprint density at radius 1 is 0.881 bits per heavy atom. The molecule has 7 nitrogen and oxygen atoms in total. The Kier molecular flexibility index (Phi) is 6.78. The van der Waals surface area contributed by atoms with Gasteiger partial charge in [0.05, 0.1) is 25.1 Å². The minimum atomic E-state index is -0.401. The first-order valence-electron chi connectivity index (χ1n) is 14.4. The zero-order chi connectivity index (χ0) is 28.6. The molecule has 7 heteroatoms. The van der Waals surface area contributed by atoms with Crippen LogP contribution in [0.15, 0.2) is 71.7 Å². The summed E-state index contributed by atoms with van der Waals surface area (Å²) in [4.78, 5) is 18.5. The van der Waals surface area contributed by atoms with Crippen molar-refractivity contribution in [2.24, 2.45) is 4.99 Å². The van der Waals surface area contributed by atoms with Crippen molar-refractivity contribution >= 4 is 17.2 Å². The molecule has 0 saturated heterocycles. The van der Waals surface area contributed by atoms with Gasteiger partial charge in [0.15, 0.2) is 0 Å². The maximum atomic E-state index is 13.7. The molecule has 0 saturated carbocycles. The molecule has 3 heterocycles. The molecule has 212 valence electrons. The third-order valence-electron chi connectivity index (χ3n) is 8.17. The van der Waals surface area contributed by atoms with Gasteiger partial charge >= 0.3 is 5.97 Å². The number of aryl methyl sites for hydroxylation is 2. The van der Waals surface area contributed by atoms with Gasteiger partial charge in [-0.25, -0.2) is 4.79 Å². The average molecular weight is 561 g/mol. The van der Waals surface area contributed by atoms with Crippen molar-refractivity contribution in [3.8, 4) is 23.0 Å².